The molecule has 26 heavy (non-hydrogen) atoms. The van der Waals surface area contributed by atoms with Crippen LogP contribution in [0.5, 0.6) is 5.88 Å². The smallest absolute Gasteiger partial charge is 0.292 e. The molecule has 0 spiro atoms. The van der Waals surface area contributed by atoms with Crippen molar-refractivity contribution in [2.24, 2.45) is 4.99 Å². The van der Waals surface area contributed by atoms with Crippen LogP contribution < -0.4 is 20.5 Å². The molecule has 134 valence electrons. The second-order valence-electron chi connectivity index (χ2n) is 5.58. The molecule has 0 atom stereocenters. The van der Waals surface area contributed by atoms with E-state index in [-0.39, 0.29) is 18.3 Å². The minimum Gasteiger partial charge on any atom is -0.476 e. The molecular formula is C18H19N5O3. The van der Waals surface area contributed by atoms with Crippen molar-refractivity contribution in [2.45, 2.75) is 13.8 Å². The van der Waals surface area contributed by atoms with Crippen LogP contribution in [0.4, 0.5) is 11.4 Å². The molecule has 1 aliphatic rings. The van der Waals surface area contributed by atoms with E-state index >= 15 is 0 Å². The summed E-state index contributed by atoms with van der Waals surface area (Å²) >= 11 is 0. The molecule has 1 aromatic carbocycles. The zero-order valence-electron chi connectivity index (χ0n) is 14.5. The third-order valence-electron chi connectivity index (χ3n) is 3.65. The molecule has 8 nitrogen and oxygen atoms in total. The average Bonchev–Trinajstić information content (AvgIpc) is 2.65. The average molecular weight is 353 g/mol. The fraction of sp³-hybridized carbons (Fsp3) is 0.222. The molecule has 0 unspecified atom stereocenters. The highest BCUT2D eigenvalue weighted by atomic mass is 16.5. The van der Waals surface area contributed by atoms with E-state index in [0.29, 0.717) is 23.9 Å². The second-order valence-corrected chi connectivity index (χ2v) is 5.58. The van der Waals surface area contributed by atoms with Gasteiger partial charge in [-0.25, -0.2) is 9.99 Å². The number of amides is 2. The van der Waals surface area contributed by atoms with Crippen molar-refractivity contribution < 1.29 is 14.3 Å². The van der Waals surface area contributed by atoms with Crippen molar-refractivity contribution >= 4 is 29.0 Å². The van der Waals surface area contributed by atoms with Crippen LogP contribution in [0.15, 0.2) is 47.6 Å². The van der Waals surface area contributed by atoms with Gasteiger partial charge >= 0.3 is 0 Å². The van der Waals surface area contributed by atoms with E-state index in [1.54, 1.807) is 30.5 Å². The van der Waals surface area contributed by atoms with Crippen LogP contribution >= 0.6 is 0 Å². The number of nitrogens with zero attached hydrogens (tertiary/aromatic N) is 3. The van der Waals surface area contributed by atoms with Gasteiger partial charge in [0.1, 0.15) is 12.2 Å². The topological polar surface area (TPSA) is 95.9 Å². The Labute approximate surface area is 150 Å². The first kappa shape index (κ1) is 17.4. The van der Waals surface area contributed by atoms with Crippen LogP contribution in [0.1, 0.15) is 12.5 Å². The molecule has 2 N–H and O–H groups in total. The molecule has 3 rings (SSSR count). The van der Waals surface area contributed by atoms with Gasteiger partial charge in [0.15, 0.2) is 0 Å². The number of amidine groups is 1. The number of hydrogen-bond donors (Lipinski definition) is 2. The highest BCUT2D eigenvalue weighted by Crippen LogP contribution is 2.21. The van der Waals surface area contributed by atoms with Crippen molar-refractivity contribution in [3.05, 3.63) is 48.2 Å². The van der Waals surface area contributed by atoms with Crippen molar-refractivity contribution in [2.75, 3.05) is 23.5 Å². The van der Waals surface area contributed by atoms with Gasteiger partial charge in [0.05, 0.1) is 12.3 Å². The first-order valence-electron chi connectivity index (χ1n) is 8.18. The Kier molecular flexibility index (Phi) is 5.12. The van der Waals surface area contributed by atoms with E-state index in [0.717, 1.165) is 5.56 Å². The molecule has 0 saturated heterocycles. The number of carbonyl (C=O) groups excluding carboxylic acids is 2. The van der Waals surface area contributed by atoms with Crippen LogP contribution in [0.2, 0.25) is 0 Å². The Morgan fingerprint density at radius 2 is 2.08 bits per heavy atom. The Bertz CT molecular complexity index is 848. The van der Waals surface area contributed by atoms with Gasteiger partial charge in [-0.3, -0.25) is 20.0 Å². The maximum Gasteiger partial charge on any atom is 0.292 e. The van der Waals surface area contributed by atoms with Crippen LogP contribution in [0.3, 0.4) is 0 Å². The minimum atomic E-state index is -0.483. The number of nitrogens with one attached hydrogen (secondary N) is 2. The summed E-state index contributed by atoms with van der Waals surface area (Å²) in [7, 11) is 0. The molecule has 8 heteroatoms. The number of carbonyl (C=O) groups is 2. The summed E-state index contributed by atoms with van der Waals surface area (Å²) in [5, 5.41) is 4.02. The zero-order valence-corrected chi connectivity index (χ0v) is 14.5. The molecule has 2 amide bonds. The van der Waals surface area contributed by atoms with E-state index in [1.165, 1.54) is 5.01 Å². The van der Waals surface area contributed by atoms with E-state index in [2.05, 4.69) is 20.7 Å². The molecule has 2 heterocycles. The lowest BCUT2D eigenvalue weighted by Gasteiger charge is -2.27. The number of benzene rings is 1. The van der Waals surface area contributed by atoms with Gasteiger partial charge in [0.25, 0.3) is 11.8 Å². The summed E-state index contributed by atoms with van der Waals surface area (Å²) in [5.74, 6) is -0.368. The van der Waals surface area contributed by atoms with E-state index in [1.807, 2.05) is 26.0 Å². The number of hydrogen-bond acceptors (Lipinski definition) is 6. The fourth-order valence-electron chi connectivity index (χ4n) is 2.37. The standard InChI is InChI=1S/C18H19N5O3/c1-3-26-18-14(5-4-10-19-18)21-17(25)16-20-11-15(24)23(22-16)13-8-6-12(2)7-9-13/h4-10H,3,11H2,1-2H3,(H,20,22)(H,21,25). The second kappa shape index (κ2) is 7.64. The number of rotatable bonds is 5. The number of anilines is 2. The van der Waals surface area contributed by atoms with Crippen molar-refractivity contribution in [1.82, 2.24) is 10.4 Å². The zero-order chi connectivity index (χ0) is 18.5. The lowest BCUT2D eigenvalue weighted by Crippen LogP contribution is -2.54. The normalized spacial score (nSPS) is 13.7. The molecule has 2 aromatic rings. The number of aliphatic imine (C=N–C) groups is 1. The number of pyridine rings is 1. The predicted molar refractivity (Wildman–Crippen MR) is 98.1 cm³/mol. The quantitative estimate of drug-likeness (QED) is 0.853. The molecule has 1 aliphatic heterocycles. The van der Waals surface area contributed by atoms with E-state index < -0.39 is 5.91 Å². The third kappa shape index (κ3) is 3.80. The SMILES string of the molecule is CCOc1ncccc1NC(=O)C1=NCC(=O)N(c2ccc(C)cc2)N1. The lowest BCUT2D eigenvalue weighted by molar-refractivity contribution is -0.118. The third-order valence-corrected chi connectivity index (χ3v) is 3.65. The highest BCUT2D eigenvalue weighted by molar-refractivity contribution is 6.43. The molecule has 0 radical (unpaired) electrons. The molecule has 0 saturated carbocycles. The molecule has 0 fully saturated rings. The maximum atomic E-state index is 12.5. The number of aryl methyl sites for hydroxylation is 1. The minimum absolute atomic E-state index is 0.0384. The Morgan fingerprint density at radius 1 is 1.31 bits per heavy atom. The summed E-state index contributed by atoms with van der Waals surface area (Å²) in [4.78, 5) is 32.8. The van der Waals surface area contributed by atoms with Crippen LogP contribution in [0.25, 0.3) is 0 Å². The van der Waals surface area contributed by atoms with Crippen molar-refractivity contribution in [3.63, 3.8) is 0 Å². The van der Waals surface area contributed by atoms with Crippen molar-refractivity contribution in [1.29, 1.82) is 0 Å². The van der Waals surface area contributed by atoms with Gasteiger partial charge < -0.3 is 10.1 Å². The molecular weight excluding hydrogens is 334 g/mol. The van der Waals surface area contributed by atoms with Crippen LogP contribution in [-0.2, 0) is 9.59 Å². The van der Waals surface area contributed by atoms with Gasteiger partial charge in [0.2, 0.25) is 11.7 Å². The summed E-state index contributed by atoms with van der Waals surface area (Å²) in [6.07, 6.45) is 1.58. The number of hydrazine groups is 1. The van der Waals surface area contributed by atoms with Gasteiger partial charge in [-0.1, -0.05) is 17.7 Å². The summed E-state index contributed by atoms with van der Waals surface area (Å²) < 4.78 is 5.39. The van der Waals surface area contributed by atoms with E-state index in [4.69, 9.17) is 4.74 Å². The maximum absolute atomic E-state index is 12.5. The van der Waals surface area contributed by atoms with Gasteiger partial charge in [0, 0.05) is 6.20 Å². The summed E-state index contributed by atoms with van der Waals surface area (Å²) in [6.45, 7) is 4.10. The summed E-state index contributed by atoms with van der Waals surface area (Å²) in [5.41, 5.74) is 4.91. The van der Waals surface area contributed by atoms with Crippen molar-refractivity contribution in [3.8, 4) is 5.88 Å². The fourth-order valence-corrected chi connectivity index (χ4v) is 2.37. The highest BCUT2D eigenvalue weighted by Gasteiger charge is 2.26. The van der Waals surface area contributed by atoms with Gasteiger partial charge in [-0.15, -0.1) is 0 Å². The first-order valence-corrected chi connectivity index (χ1v) is 8.18. The van der Waals surface area contributed by atoms with Gasteiger partial charge in [-0.2, -0.15) is 0 Å². The van der Waals surface area contributed by atoms with Crippen LogP contribution in [-0.4, -0.2) is 35.8 Å². The number of aromatic nitrogens is 1. The first-order chi connectivity index (χ1) is 12.6. The lowest BCUT2D eigenvalue weighted by atomic mass is 10.2. The monoisotopic (exact) mass is 353 g/mol. The Balaban J connectivity index is 1.76. The Morgan fingerprint density at radius 3 is 2.81 bits per heavy atom. The molecule has 0 aliphatic carbocycles. The largest absolute Gasteiger partial charge is 0.476 e. The van der Waals surface area contributed by atoms with Crippen LogP contribution in [0, 0.1) is 6.92 Å². The van der Waals surface area contributed by atoms with Gasteiger partial charge in [-0.05, 0) is 38.1 Å². The molecule has 1 aromatic heterocycles. The van der Waals surface area contributed by atoms with E-state index in [9.17, 15) is 9.59 Å². The summed E-state index contributed by atoms with van der Waals surface area (Å²) in [6, 6.07) is 10.8. The Hall–Kier alpha value is -3.42. The number of ether oxygens (including phenoxy) is 1. The predicted octanol–water partition coefficient (Wildman–Crippen LogP) is 1.68. The molecule has 0 bridgehead atoms.